The molecule has 0 spiro atoms. The van der Waals surface area contributed by atoms with Gasteiger partial charge in [0.1, 0.15) is 11.6 Å². The van der Waals surface area contributed by atoms with Crippen molar-refractivity contribution in [3.63, 3.8) is 0 Å². The molecule has 0 aliphatic heterocycles. The maximum atomic E-state index is 14.0. The van der Waals surface area contributed by atoms with E-state index >= 15 is 0 Å². The number of aromatic nitrogens is 1. The second-order valence-electron chi connectivity index (χ2n) is 5.86. The van der Waals surface area contributed by atoms with Gasteiger partial charge in [-0.25, -0.2) is 8.78 Å². The fraction of sp³-hybridized carbons (Fsp3) is 0.400. The van der Waals surface area contributed by atoms with E-state index in [2.05, 4.69) is 10.5 Å². The van der Waals surface area contributed by atoms with Gasteiger partial charge in [0, 0.05) is 17.6 Å². The molecular weight excluding hydrogens is 262 g/mol. The lowest BCUT2D eigenvalue weighted by Crippen LogP contribution is -2.35. The van der Waals surface area contributed by atoms with Gasteiger partial charge in [-0.15, -0.1) is 0 Å². The van der Waals surface area contributed by atoms with Crippen LogP contribution >= 0.6 is 0 Å². The fourth-order valence-corrected chi connectivity index (χ4v) is 1.79. The van der Waals surface area contributed by atoms with Crippen molar-refractivity contribution in [2.45, 2.75) is 39.8 Å². The SMILES string of the molecule is Cc1cc(F)c(-c2oncc2CNC(C)(C)C)cc1F. The molecule has 0 aliphatic rings. The molecule has 0 bridgehead atoms. The Bertz CT molecular complexity index is 615. The Morgan fingerprint density at radius 2 is 1.90 bits per heavy atom. The third-order valence-corrected chi connectivity index (χ3v) is 2.95. The van der Waals surface area contributed by atoms with Crippen molar-refractivity contribution >= 4 is 0 Å². The van der Waals surface area contributed by atoms with E-state index in [0.717, 1.165) is 12.1 Å². The van der Waals surface area contributed by atoms with Crippen molar-refractivity contribution in [1.29, 1.82) is 0 Å². The first-order valence-electron chi connectivity index (χ1n) is 6.42. The molecule has 5 heteroatoms. The number of nitrogens with one attached hydrogen (secondary N) is 1. The number of nitrogens with zero attached hydrogens (tertiary/aromatic N) is 1. The highest BCUT2D eigenvalue weighted by atomic mass is 19.1. The zero-order valence-corrected chi connectivity index (χ0v) is 12.1. The number of hydrogen-bond acceptors (Lipinski definition) is 3. The van der Waals surface area contributed by atoms with Crippen LogP contribution < -0.4 is 5.32 Å². The molecule has 0 radical (unpaired) electrons. The predicted molar refractivity (Wildman–Crippen MR) is 73.2 cm³/mol. The summed E-state index contributed by atoms with van der Waals surface area (Å²) in [5.41, 5.74) is 0.963. The molecule has 0 saturated carbocycles. The van der Waals surface area contributed by atoms with Gasteiger partial charge in [0.15, 0.2) is 5.76 Å². The zero-order chi connectivity index (χ0) is 14.9. The topological polar surface area (TPSA) is 38.1 Å². The van der Waals surface area contributed by atoms with Gasteiger partial charge in [-0.1, -0.05) is 5.16 Å². The van der Waals surface area contributed by atoms with E-state index < -0.39 is 11.6 Å². The molecule has 3 nitrogen and oxygen atoms in total. The van der Waals surface area contributed by atoms with E-state index in [1.54, 1.807) is 0 Å². The second-order valence-corrected chi connectivity index (χ2v) is 5.86. The van der Waals surface area contributed by atoms with Crippen molar-refractivity contribution in [1.82, 2.24) is 10.5 Å². The Morgan fingerprint density at radius 1 is 1.20 bits per heavy atom. The molecule has 0 saturated heterocycles. The van der Waals surface area contributed by atoms with Crippen molar-refractivity contribution < 1.29 is 13.3 Å². The highest BCUT2D eigenvalue weighted by Crippen LogP contribution is 2.28. The van der Waals surface area contributed by atoms with Gasteiger partial charge < -0.3 is 9.84 Å². The van der Waals surface area contributed by atoms with E-state index in [9.17, 15) is 8.78 Å². The Hall–Kier alpha value is -1.75. The zero-order valence-electron chi connectivity index (χ0n) is 12.1. The molecule has 0 atom stereocenters. The van der Waals surface area contributed by atoms with Crippen molar-refractivity contribution in [3.8, 4) is 11.3 Å². The van der Waals surface area contributed by atoms with Crippen LogP contribution in [0.4, 0.5) is 8.78 Å². The molecule has 1 N–H and O–H groups in total. The number of halogens is 2. The third kappa shape index (κ3) is 3.22. The molecule has 1 heterocycles. The van der Waals surface area contributed by atoms with Crippen LogP contribution in [-0.4, -0.2) is 10.7 Å². The minimum atomic E-state index is -0.516. The summed E-state index contributed by atoms with van der Waals surface area (Å²) in [5.74, 6) is -0.719. The number of aryl methyl sites for hydroxylation is 1. The van der Waals surface area contributed by atoms with Gasteiger partial charge in [0.05, 0.1) is 11.8 Å². The smallest absolute Gasteiger partial charge is 0.174 e. The predicted octanol–water partition coefficient (Wildman–Crippen LogP) is 3.82. The first-order valence-corrected chi connectivity index (χ1v) is 6.42. The molecule has 0 aliphatic carbocycles. The molecule has 1 aromatic carbocycles. The van der Waals surface area contributed by atoms with Gasteiger partial charge >= 0.3 is 0 Å². The second kappa shape index (κ2) is 5.32. The van der Waals surface area contributed by atoms with Crippen LogP contribution in [0.25, 0.3) is 11.3 Å². The average molecular weight is 280 g/mol. The van der Waals surface area contributed by atoms with Crippen molar-refractivity contribution in [2.24, 2.45) is 0 Å². The van der Waals surface area contributed by atoms with E-state index in [0.29, 0.717) is 12.1 Å². The molecular formula is C15H18F2N2O. The summed E-state index contributed by atoms with van der Waals surface area (Å²) in [6.07, 6.45) is 1.52. The summed E-state index contributed by atoms with van der Waals surface area (Å²) < 4.78 is 32.7. The molecule has 1 aromatic heterocycles. The molecule has 2 rings (SSSR count). The van der Waals surface area contributed by atoms with Crippen LogP contribution in [0.15, 0.2) is 22.9 Å². The lowest BCUT2D eigenvalue weighted by molar-refractivity contribution is 0.417. The van der Waals surface area contributed by atoms with Gasteiger partial charge in [-0.05, 0) is 45.4 Å². The average Bonchev–Trinajstić information content (AvgIpc) is 2.78. The van der Waals surface area contributed by atoms with E-state index in [1.165, 1.54) is 13.1 Å². The molecule has 0 unspecified atom stereocenters. The number of hydrogen-bond donors (Lipinski definition) is 1. The number of benzene rings is 1. The van der Waals surface area contributed by atoms with Crippen molar-refractivity contribution in [3.05, 3.63) is 41.1 Å². The molecule has 108 valence electrons. The van der Waals surface area contributed by atoms with E-state index in [1.807, 2.05) is 20.8 Å². The Labute approximate surface area is 117 Å². The maximum absolute atomic E-state index is 14.0. The quantitative estimate of drug-likeness (QED) is 0.929. The van der Waals surface area contributed by atoms with Gasteiger partial charge in [-0.2, -0.15) is 0 Å². The normalized spacial score (nSPS) is 11.9. The first kappa shape index (κ1) is 14.7. The highest BCUT2D eigenvalue weighted by molar-refractivity contribution is 5.62. The molecule has 0 amide bonds. The third-order valence-electron chi connectivity index (χ3n) is 2.95. The van der Waals surface area contributed by atoms with Crippen LogP contribution in [-0.2, 0) is 6.54 Å². The Morgan fingerprint density at radius 3 is 2.55 bits per heavy atom. The fourth-order valence-electron chi connectivity index (χ4n) is 1.79. The summed E-state index contributed by atoms with van der Waals surface area (Å²) in [4.78, 5) is 0. The number of rotatable bonds is 3. The Balaban J connectivity index is 2.35. The highest BCUT2D eigenvalue weighted by Gasteiger charge is 2.18. The largest absolute Gasteiger partial charge is 0.356 e. The van der Waals surface area contributed by atoms with Gasteiger partial charge in [0.2, 0.25) is 0 Å². The molecule has 2 aromatic rings. The lowest BCUT2D eigenvalue weighted by atomic mass is 10.0. The monoisotopic (exact) mass is 280 g/mol. The van der Waals surface area contributed by atoms with Gasteiger partial charge in [-0.3, -0.25) is 0 Å². The standard InChI is InChI=1S/C15H18F2N2O/c1-9-5-13(17)11(6-12(9)16)14-10(8-19-20-14)7-18-15(2,3)4/h5-6,8,18H,7H2,1-4H3. The minimum absolute atomic E-state index is 0.0917. The van der Waals surface area contributed by atoms with Crippen LogP contribution in [0.2, 0.25) is 0 Å². The summed E-state index contributed by atoms with van der Waals surface area (Å²) in [5, 5.41) is 6.95. The summed E-state index contributed by atoms with van der Waals surface area (Å²) in [6, 6.07) is 2.31. The molecule has 0 fully saturated rings. The Kier molecular flexibility index (Phi) is 3.90. The summed E-state index contributed by atoms with van der Waals surface area (Å²) >= 11 is 0. The summed E-state index contributed by atoms with van der Waals surface area (Å²) in [7, 11) is 0. The van der Waals surface area contributed by atoms with Crippen LogP contribution in [0.3, 0.4) is 0 Å². The van der Waals surface area contributed by atoms with E-state index in [4.69, 9.17) is 4.52 Å². The molecule has 20 heavy (non-hydrogen) atoms. The summed E-state index contributed by atoms with van der Waals surface area (Å²) in [6.45, 7) is 8.05. The van der Waals surface area contributed by atoms with E-state index in [-0.39, 0.29) is 22.4 Å². The first-order chi connectivity index (χ1) is 9.28. The minimum Gasteiger partial charge on any atom is -0.356 e. The maximum Gasteiger partial charge on any atom is 0.174 e. The van der Waals surface area contributed by atoms with Crippen LogP contribution in [0.5, 0.6) is 0 Å². The van der Waals surface area contributed by atoms with Crippen LogP contribution in [0, 0.1) is 18.6 Å². The lowest BCUT2D eigenvalue weighted by Gasteiger charge is -2.20. The van der Waals surface area contributed by atoms with Gasteiger partial charge in [0.25, 0.3) is 0 Å². The van der Waals surface area contributed by atoms with Crippen LogP contribution in [0.1, 0.15) is 31.9 Å². The van der Waals surface area contributed by atoms with Crippen molar-refractivity contribution in [2.75, 3.05) is 0 Å².